The van der Waals surface area contributed by atoms with Crippen LogP contribution in [0.1, 0.15) is 0 Å². The number of rotatable bonds is 8. The van der Waals surface area contributed by atoms with Gasteiger partial charge >= 0.3 is 0 Å². The zero-order valence-electron chi connectivity index (χ0n) is 18.7. The number of halogens is 2. The molecule has 0 spiro atoms. The van der Waals surface area contributed by atoms with Crippen LogP contribution in [-0.4, -0.2) is 25.3 Å². The molecule has 0 aromatic heterocycles. The molecule has 37 heavy (non-hydrogen) atoms. The largest absolute Gasteiger partial charge is 0.280 e. The lowest BCUT2D eigenvalue weighted by atomic mass is 10.3. The fourth-order valence-electron chi connectivity index (χ4n) is 3.22. The summed E-state index contributed by atoms with van der Waals surface area (Å²) in [5.41, 5.74) is 0.597. The molecule has 0 aliphatic heterocycles. The highest BCUT2D eigenvalue weighted by Gasteiger charge is 2.24. The van der Waals surface area contributed by atoms with Crippen molar-refractivity contribution < 1.29 is 25.3 Å². The molecule has 2 N–H and O–H groups in total. The molecule has 4 aromatic carbocycles. The molecule has 0 atom stereocenters. The van der Waals surface area contributed by atoms with E-state index in [9.17, 15) is 25.3 Å². The first kappa shape index (κ1) is 27.3. The average molecular weight is 686 g/mol. The maximum absolute atomic E-state index is 13.3. The highest BCUT2D eigenvalue weighted by Crippen LogP contribution is 2.27. The Morgan fingerprint density at radius 2 is 0.784 bits per heavy atom. The molecule has 8 nitrogen and oxygen atoms in total. The topological polar surface area (TPSA) is 126 Å². The van der Waals surface area contributed by atoms with Gasteiger partial charge in [-0.2, -0.15) is 0 Å². The summed E-state index contributed by atoms with van der Waals surface area (Å²) in [4.78, 5) is -1.14. The van der Waals surface area contributed by atoms with Gasteiger partial charge in [0.05, 0.1) is 19.6 Å². The monoisotopic (exact) mass is 684 g/mol. The first-order valence-corrected chi connectivity index (χ1v) is 16.4. The quantitative estimate of drug-likeness (QED) is 0.247. The predicted octanol–water partition coefficient (Wildman–Crippen LogP) is 5.65. The highest BCUT2D eigenvalue weighted by molar-refractivity contribution is 9.10. The number of hydrogen-bond acceptors (Lipinski definition) is 6. The van der Waals surface area contributed by atoms with E-state index in [2.05, 4.69) is 41.3 Å². The van der Waals surface area contributed by atoms with E-state index in [1.807, 2.05) is 0 Å². The third-order valence-electron chi connectivity index (χ3n) is 5.05. The van der Waals surface area contributed by atoms with Crippen LogP contribution in [0.3, 0.4) is 0 Å². The van der Waals surface area contributed by atoms with Gasteiger partial charge in [-0.25, -0.2) is 25.3 Å². The van der Waals surface area contributed by atoms with Crippen LogP contribution in [0.25, 0.3) is 0 Å². The molecule has 0 aliphatic carbocycles. The van der Waals surface area contributed by atoms with Crippen molar-refractivity contribution in [3.05, 3.63) is 106 Å². The molecule has 0 unspecified atom stereocenters. The Kier molecular flexibility index (Phi) is 7.81. The van der Waals surface area contributed by atoms with Gasteiger partial charge < -0.3 is 0 Å². The molecule has 0 saturated heterocycles. The van der Waals surface area contributed by atoms with Gasteiger partial charge in [0.1, 0.15) is 0 Å². The zero-order chi connectivity index (χ0) is 26.8. The van der Waals surface area contributed by atoms with Crippen LogP contribution in [0.5, 0.6) is 0 Å². The maximum Gasteiger partial charge on any atom is 0.261 e. The van der Waals surface area contributed by atoms with E-state index in [0.29, 0.717) is 11.4 Å². The van der Waals surface area contributed by atoms with Gasteiger partial charge in [0.25, 0.3) is 20.0 Å². The zero-order valence-corrected chi connectivity index (χ0v) is 24.3. The number of sulfonamides is 2. The fraction of sp³-hybridized carbons (Fsp3) is 0. The number of anilines is 2. The number of nitrogens with one attached hydrogen (secondary N) is 2. The van der Waals surface area contributed by atoms with Crippen molar-refractivity contribution in [2.75, 3.05) is 9.44 Å². The van der Waals surface area contributed by atoms with Crippen LogP contribution in [0.15, 0.2) is 126 Å². The molecule has 4 aromatic rings. The molecular weight excluding hydrogens is 668 g/mol. The molecule has 4 rings (SSSR count). The van der Waals surface area contributed by atoms with E-state index in [0.717, 1.165) is 21.1 Å². The summed E-state index contributed by atoms with van der Waals surface area (Å²) in [6, 6.07) is 22.5. The molecule has 0 saturated carbocycles. The van der Waals surface area contributed by atoms with Crippen molar-refractivity contribution in [3.63, 3.8) is 0 Å². The summed E-state index contributed by atoms with van der Waals surface area (Å²) in [7, 11) is -12.5. The van der Waals surface area contributed by atoms with Gasteiger partial charge in [-0.1, -0.05) is 44.0 Å². The summed E-state index contributed by atoms with van der Waals surface area (Å²) >= 11 is 6.54. The summed E-state index contributed by atoms with van der Waals surface area (Å²) in [6.45, 7) is 0. The molecule has 0 fully saturated rings. The number of sulfone groups is 1. The van der Waals surface area contributed by atoms with Crippen molar-refractivity contribution in [1.82, 2.24) is 0 Å². The third kappa shape index (κ3) is 6.41. The molecule has 192 valence electrons. The number of hydrogen-bond donors (Lipinski definition) is 2. The van der Waals surface area contributed by atoms with Crippen molar-refractivity contribution >= 4 is 73.1 Å². The molecular formula is C24H18Br2N2O6S3. The molecule has 0 aliphatic rings. The molecule has 0 radical (unpaired) electrons. The van der Waals surface area contributed by atoms with Crippen molar-refractivity contribution in [2.24, 2.45) is 0 Å². The SMILES string of the molecule is O=S(=O)(Nc1ccc(Br)cc1)c1cccc(S(=O)(=O)c2cccc(S(=O)(=O)Nc3ccc(Br)cc3)c2)c1. The Morgan fingerprint density at radius 3 is 1.14 bits per heavy atom. The standard InChI is InChI=1S/C24H18Br2N2O6S3/c25-17-7-11-19(12-8-17)27-36(31,32)23-5-1-3-21(15-23)35(29,30)22-4-2-6-24(16-22)37(33,34)28-20-13-9-18(26)10-14-20/h1-16,27-28H. The van der Waals surface area contributed by atoms with E-state index >= 15 is 0 Å². The smallest absolute Gasteiger partial charge is 0.261 e. The van der Waals surface area contributed by atoms with Crippen LogP contribution < -0.4 is 9.44 Å². The second-order valence-corrected chi connectivity index (χ2v) is 14.8. The van der Waals surface area contributed by atoms with E-state index in [1.54, 1.807) is 48.5 Å². The summed E-state index contributed by atoms with van der Waals surface area (Å²) in [5, 5.41) is 0. The highest BCUT2D eigenvalue weighted by atomic mass is 79.9. The van der Waals surface area contributed by atoms with Crippen molar-refractivity contribution in [2.45, 2.75) is 19.6 Å². The van der Waals surface area contributed by atoms with Gasteiger partial charge in [-0.15, -0.1) is 0 Å². The lowest BCUT2D eigenvalue weighted by Gasteiger charge is -2.12. The Balaban J connectivity index is 1.65. The van der Waals surface area contributed by atoms with Crippen molar-refractivity contribution in [3.8, 4) is 0 Å². The van der Waals surface area contributed by atoms with Gasteiger partial charge in [-0.05, 0) is 84.9 Å². The first-order chi connectivity index (χ1) is 17.4. The molecule has 0 bridgehead atoms. The van der Waals surface area contributed by atoms with Gasteiger partial charge in [-0.3, -0.25) is 9.44 Å². The first-order valence-electron chi connectivity index (χ1n) is 10.4. The Morgan fingerprint density at radius 1 is 0.459 bits per heavy atom. The van der Waals surface area contributed by atoms with Crippen LogP contribution in [0, 0.1) is 0 Å². The minimum absolute atomic E-state index is 0.267. The van der Waals surface area contributed by atoms with Gasteiger partial charge in [0, 0.05) is 20.3 Å². The van der Waals surface area contributed by atoms with E-state index in [-0.39, 0.29) is 19.6 Å². The van der Waals surface area contributed by atoms with Gasteiger partial charge in [0.2, 0.25) is 9.84 Å². The minimum atomic E-state index is -4.26. The van der Waals surface area contributed by atoms with Gasteiger partial charge in [0.15, 0.2) is 0 Å². The normalized spacial score (nSPS) is 12.2. The lowest BCUT2D eigenvalue weighted by molar-refractivity contribution is 0.595. The summed E-state index contributed by atoms with van der Waals surface area (Å²) < 4.78 is 84.5. The van der Waals surface area contributed by atoms with E-state index in [1.165, 1.54) is 36.4 Å². The van der Waals surface area contributed by atoms with E-state index in [4.69, 9.17) is 0 Å². The Hall–Kier alpha value is -2.71. The third-order valence-corrected chi connectivity index (χ3v) is 10.6. The summed E-state index contributed by atoms with van der Waals surface area (Å²) in [6.07, 6.45) is 0. The van der Waals surface area contributed by atoms with Crippen LogP contribution in [0.4, 0.5) is 11.4 Å². The maximum atomic E-state index is 13.3. The molecule has 0 heterocycles. The van der Waals surface area contributed by atoms with Crippen LogP contribution in [0.2, 0.25) is 0 Å². The molecule has 13 heteroatoms. The predicted molar refractivity (Wildman–Crippen MR) is 148 cm³/mol. The second kappa shape index (κ2) is 10.6. The fourth-order valence-corrected chi connectivity index (χ4v) is 7.46. The minimum Gasteiger partial charge on any atom is -0.280 e. The van der Waals surface area contributed by atoms with Crippen LogP contribution in [-0.2, 0) is 29.9 Å². The van der Waals surface area contributed by atoms with Crippen LogP contribution >= 0.6 is 31.9 Å². The Bertz CT molecular complexity index is 1650. The Labute approximate surface area is 232 Å². The molecule has 0 amide bonds. The average Bonchev–Trinajstić information content (AvgIpc) is 2.87. The second-order valence-electron chi connectivity index (χ2n) is 7.68. The lowest BCUT2D eigenvalue weighted by Crippen LogP contribution is -2.14. The van der Waals surface area contributed by atoms with E-state index < -0.39 is 29.9 Å². The summed E-state index contributed by atoms with van der Waals surface area (Å²) in [5.74, 6) is 0. The van der Waals surface area contributed by atoms with Crippen molar-refractivity contribution in [1.29, 1.82) is 0 Å². The number of benzene rings is 4.